The molecular weight excluding hydrogens is 660 g/mol. The molecule has 0 radical (unpaired) electrons. The summed E-state index contributed by atoms with van der Waals surface area (Å²) in [4.78, 5) is 20.4. The van der Waals surface area contributed by atoms with E-state index in [1.54, 1.807) is 21.3 Å². The Morgan fingerprint density at radius 1 is 0.940 bits per heavy atom. The van der Waals surface area contributed by atoms with Gasteiger partial charge in [0, 0.05) is 74.5 Å². The van der Waals surface area contributed by atoms with Gasteiger partial charge < -0.3 is 29.7 Å². The number of carboxylic acid groups (broad SMARTS) is 1. The zero-order valence-electron chi connectivity index (χ0n) is 28.1. The van der Waals surface area contributed by atoms with Gasteiger partial charge in [-0.05, 0) is 24.1 Å². The number of hydrogen-bond donors (Lipinski definition) is 3. The standard InChI is InChI=1S/C37H39ClN6O6/c1-48-26-12-23(19-42-11-10-25(45)20-42)40-35(15-26)41-31-8-4-7-28(36(31)38)27-6-5-9-32-29(27)16-39-44(32)24-13-33(49-2)30(34(14-24)50-3)21-43-17-22(18-43)37(46)47/h4-9,12-16,22,25,45H,10-11,17-21H2,1-3H3,(H,40,41)(H,46,47)/t25-/m1/s1. The van der Waals surface area contributed by atoms with Gasteiger partial charge in [-0.15, -0.1) is 0 Å². The van der Waals surface area contributed by atoms with Gasteiger partial charge in [0.05, 0.1) is 72.7 Å². The Hall–Kier alpha value is -4.88. The fourth-order valence-corrected chi connectivity index (χ4v) is 7.08. The van der Waals surface area contributed by atoms with Gasteiger partial charge in [0.2, 0.25) is 0 Å². The van der Waals surface area contributed by atoms with Crippen molar-refractivity contribution in [3.63, 3.8) is 0 Å². The van der Waals surface area contributed by atoms with E-state index in [0.29, 0.717) is 66.5 Å². The number of carboxylic acids is 1. The van der Waals surface area contributed by atoms with E-state index < -0.39 is 5.97 Å². The van der Waals surface area contributed by atoms with Crippen molar-refractivity contribution in [3.8, 4) is 34.1 Å². The van der Waals surface area contributed by atoms with Gasteiger partial charge in [0.25, 0.3) is 0 Å². The van der Waals surface area contributed by atoms with E-state index in [1.807, 2.05) is 71.5 Å². The number of hydrogen-bond acceptors (Lipinski definition) is 10. The summed E-state index contributed by atoms with van der Waals surface area (Å²) in [6, 6.07) is 19.4. The van der Waals surface area contributed by atoms with Crippen molar-refractivity contribution >= 4 is 40.0 Å². The summed E-state index contributed by atoms with van der Waals surface area (Å²) in [5, 5.41) is 28.9. The number of rotatable bonds is 12. The number of fused-ring (bicyclic) bond motifs is 1. The highest BCUT2D eigenvalue weighted by Gasteiger charge is 2.33. The van der Waals surface area contributed by atoms with Crippen molar-refractivity contribution in [2.75, 3.05) is 52.8 Å². The van der Waals surface area contributed by atoms with Crippen LogP contribution < -0.4 is 19.5 Å². The predicted molar refractivity (Wildman–Crippen MR) is 191 cm³/mol. The summed E-state index contributed by atoms with van der Waals surface area (Å²) in [5.74, 6) is 1.41. The van der Waals surface area contributed by atoms with Crippen LogP contribution in [0.1, 0.15) is 17.7 Å². The number of aliphatic carboxylic acids is 1. The molecule has 0 amide bonds. The molecule has 0 bridgehead atoms. The van der Waals surface area contributed by atoms with Crippen LogP contribution in [0.4, 0.5) is 11.5 Å². The third kappa shape index (κ3) is 6.67. The van der Waals surface area contributed by atoms with Gasteiger partial charge in [-0.1, -0.05) is 35.9 Å². The number of benzene rings is 3. The summed E-state index contributed by atoms with van der Waals surface area (Å²) in [6.07, 6.45) is 2.28. The van der Waals surface area contributed by atoms with Gasteiger partial charge in [0.15, 0.2) is 0 Å². The van der Waals surface area contributed by atoms with Crippen LogP contribution in [0.3, 0.4) is 0 Å². The minimum Gasteiger partial charge on any atom is -0.497 e. The summed E-state index contributed by atoms with van der Waals surface area (Å²) in [7, 11) is 4.85. The predicted octanol–water partition coefficient (Wildman–Crippen LogP) is 5.59. The molecule has 5 aromatic rings. The van der Waals surface area contributed by atoms with Gasteiger partial charge in [0.1, 0.15) is 23.1 Å². The second-order valence-corrected chi connectivity index (χ2v) is 13.1. The molecule has 4 heterocycles. The Labute approximate surface area is 294 Å². The molecule has 1 atom stereocenters. The number of carbonyl (C=O) groups is 1. The quantitative estimate of drug-likeness (QED) is 0.151. The minimum absolute atomic E-state index is 0.306. The number of pyridine rings is 1. The van der Waals surface area contributed by atoms with Crippen molar-refractivity contribution in [1.29, 1.82) is 0 Å². The van der Waals surface area contributed by atoms with E-state index in [4.69, 9.17) is 35.9 Å². The molecule has 2 aliphatic rings. The van der Waals surface area contributed by atoms with Crippen molar-refractivity contribution in [2.45, 2.75) is 25.6 Å². The highest BCUT2D eigenvalue weighted by molar-refractivity contribution is 6.36. The van der Waals surface area contributed by atoms with Crippen molar-refractivity contribution in [1.82, 2.24) is 24.6 Å². The van der Waals surface area contributed by atoms with E-state index in [9.17, 15) is 15.0 Å². The molecule has 2 saturated heterocycles. The fourth-order valence-electron chi connectivity index (χ4n) is 6.80. The third-order valence-electron chi connectivity index (χ3n) is 9.41. The summed E-state index contributed by atoms with van der Waals surface area (Å²) in [6.45, 7) is 3.53. The average Bonchev–Trinajstić information content (AvgIpc) is 3.72. The minimum atomic E-state index is -0.775. The Morgan fingerprint density at radius 3 is 2.36 bits per heavy atom. The van der Waals surface area contributed by atoms with Crippen molar-refractivity contribution in [3.05, 3.63) is 83.1 Å². The SMILES string of the molecule is COc1cc(CN2CC[C@@H](O)C2)nc(Nc2cccc(-c3cccc4c3cnn4-c3cc(OC)c(CN4CC(C(=O)O)C4)c(OC)c3)c2Cl)c1. The lowest BCUT2D eigenvalue weighted by atomic mass is 9.99. The van der Waals surface area contributed by atoms with Crippen LogP contribution in [0.5, 0.6) is 17.2 Å². The maximum atomic E-state index is 11.3. The molecule has 3 N–H and O–H groups in total. The zero-order valence-corrected chi connectivity index (χ0v) is 28.9. The number of nitrogens with one attached hydrogen (secondary N) is 1. The van der Waals surface area contributed by atoms with Crippen LogP contribution in [-0.4, -0.2) is 94.4 Å². The Bertz CT molecular complexity index is 2020. The molecule has 7 rings (SSSR count). The maximum Gasteiger partial charge on any atom is 0.309 e. The first-order chi connectivity index (χ1) is 24.2. The van der Waals surface area contributed by atoms with E-state index >= 15 is 0 Å². The second kappa shape index (κ2) is 14.2. The van der Waals surface area contributed by atoms with Crippen LogP contribution >= 0.6 is 11.6 Å². The van der Waals surface area contributed by atoms with Crippen LogP contribution in [-0.2, 0) is 17.9 Å². The number of aliphatic hydroxyl groups is 1. The molecule has 260 valence electrons. The lowest BCUT2D eigenvalue weighted by molar-refractivity contribution is -0.147. The Kier molecular flexibility index (Phi) is 9.52. The van der Waals surface area contributed by atoms with Crippen LogP contribution in [0.15, 0.2) is 66.9 Å². The third-order valence-corrected chi connectivity index (χ3v) is 9.82. The molecule has 0 spiro atoms. The second-order valence-electron chi connectivity index (χ2n) is 12.7. The van der Waals surface area contributed by atoms with E-state index in [0.717, 1.165) is 51.9 Å². The van der Waals surface area contributed by atoms with Gasteiger partial charge in [-0.3, -0.25) is 14.6 Å². The topological polar surface area (TPSA) is 134 Å². The first-order valence-electron chi connectivity index (χ1n) is 16.4. The molecule has 0 aliphatic carbocycles. The van der Waals surface area contributed by atoms with Crippen molar-refractivity contribution in [2.24, 2.45) is 5.92 Å². The number of halogens is 1. The summed E-state index contributed by atoms with van der Waals surface area (Å²) >= 11 is 7.11. The number of ether oxygens (including phenoxy) is 3. The average molecular weight is 699 g/mol. The molecule has 12 nitrogen and oxygen atoms in total. The number of aromatic nitrogens is 3. The highest BCUT2D eigenvalue weighted by atomic mass is 35.5. The molecule has 0 unspecified atom stereocenters. The number of anilines is 2. The molecule has 0 saturated carbocycles. The molecule has 13 heteroatoms. The lowest BCUT2D eigenvalue weighted by Crippen LogP contribution is -2.49. The van der Waals surface area contributed by atoms with Crippen LogP contribution in [0, 0.1) is 5.92 Å². The summed E-state index contributed by atoms with van der Waals surface area (Å²) < 4.78 is 19.0. The first-order valence-corrected chi connectivity index (χ1v) is 16.8. The van der Waals surface area contributed by atoms with Crippen LogP contribution in [0.25, 0.3) is 27.7 Å². The van der Waals surface area contributed by atoms with E-state index in [2.05, 4.69) is 15.1 Å². The normalized spacial score (nSPS) is 16.8. The van der Waals surface area contributed by atoms with Gasteiger partial charge in [-0.25, -0.2) is 9.67 Å². The highest BCUT2D eigenvalue weighted by Crippen LogP contribution is 2.40. The number of nitrogens with zero attached hydrogens (tertiary/aromatic N) is 5. The van der Waals surface area contributed by atoms with Gasteiger partial charge >= 0.3 is 5.97 Å². The molecular formula is C37H39ClN6O6. The molecule has 2 aliphatic heterocycles. The maximum absolute atomic E-state index is 11.3. The van der Waals surface area contributed by atoms with Crippen LogP contribution in [0.2, 0.25) is 5.02 Å². The van der Waals surface area contributed by atoms with Gasteiger partial charge in [-0.2, -0.15) is 5.10 Å². The number of aliphatic hydroxyl groups excluding tert-OH is 1. The first kappa shape index (κ1) is 33.6. The number of likely N-dealkylation sites (tertiary alicyclic amines) is 2. The molecule has 50 heavy (non-hydrogen) atoms. The van der Waals surface area contributed by atoms with Crippen molar-refractivity contribution < 1.29 is 29.2 Å². The zero-order chi connectivity index (χ0) is 34.9. The Balaban J connectivity index is 1.18. The number of β-amino-alcohol motifs (C(OH)–C–C–N with tert-alkyl or cyclic N) is 1. The molecule has 2 aromatic heterocycles. The summed E-state index contributed by atoms with van der Waals surface area (Å²) in [5.41, 5.74) is 5.74. The monoisotopic (exact) mass is 698 g/mol. The molecule has 2 fully saturated rings. The number of methoxy groups -OCH3 is 3. The smallest absolute Gasteiger partial charge is 0.309 e. The lowest BCUT2D eigenvalue weighted by Gasteiger charge is -2.37. The molecule has 3 aromatic carbocycles. The Morgan fingerprint density at radius 2 is 1.68 bits per heavy atom. The van der Waals surface area contributed by atoms with E-state index in [-0.39, 0.29) is 12.0 Å². The van der Waals surface area contributed by atoms with E-state index in [1.165, 1.54) is 0 Å². The fraction of sp³-hybridized carbons (Fsp3) is 0.324. The largest absolute Gasteiger partial charge is 0.497 e.